The highest BCUT2D eigenvalue weighted by molar-refractivity contribution is 6.45. The van der Waals surface area contributed by atoms with Crippen LogP contribution in [0.25, 0.3) is 0 Å². The van der Waals surface area contributed by atoms with Crippen molar-refractivity contribution >= 4 is 13.0 Å². The van der Waals surface area contributed by atoms with Crippen LogP contribution in [0.4, 0.5) is 13.2 Å². The van der Waals surface area contributed by atoms with Gasteiger partial charge in [-0.05, 0) is 61.3 Å². The van der Waals surface area contributed by atoms with Gasteiger partial charge in [-0.2, -0.15) is 13.2 Å². The number of halogens is 3. The summed E-state index contributed by atoms with van der Waals surface area (Å²) in [5, 5.41) is 10.1. The van der Waals surface area contributed by atoms with E-state index in [0.29, 0.717) is 24.2 Å². The summed E-state index contributed by atoms with van der Waals surface area (Å²) in [6.07, 6.45) is 0.0983. The van der Waals surface area contributed by atoms with Crippen molar-refractivity contribution in [2.24, 2.45) is 5.73 Å². The van der Waals surface area contributed by atoms with Crippen molar-refractivity contribution < 1.29 is 23.0 Å². The van der Waals surface area contributed by atoms with Gasteiger partial charge in [0.05, 0.1) is 17.7 Å². The summed E-state index contributed by atoms with van der Waals surface area (Å²) >= 11 is 0. The number of carbonyl (C=O) groups is 1. The molecule has 0 spiro atoms. The summed E-state index contributed by atoms with van der Waals surface area (Å²) in [5.41, 5.74) is 7.89. The number of carbonyl (C=O) groups excluding carboxylic acids is 1. The first-order valence-corrected chi connectivity index (χ1v) is 12.9. The lowest BCUT2D eigenvalue weighted by Gasteiger charge is -2.37. The Hall–Kier alpha value is -3.24. The number of benzene rings is 2. The molecule has 1 unspecified atom stereocenters. The number of nitrogens with zero attached hydrogens (tertiary/aromatic N) is 3. The third-order valence-electron chi connectivity index (χ3n) is 7.09. The number of alkyl halides is 3. The van der Waals surface area contributed by atoms with E-state index in [4.69, 9.17) is 5.73 Å². The van der Waals surface area contributed by atoms with Gasteiger partial charge in [0.15, 0.2) is 0 Å². The topological polar surface area (TPSA) is 92.3 Å². The van der Waals surface area contributed by atoms with Crippen LogP contribution in [0.2, 0.25) is 6.82 Å². The number of hydrogen-bond donors (Lipinski definition) is 2. The maximum absolute atomic E-state index is 13.7. The molecule has 6 nitrogen and oxygen atoms in total. The number of rotatable bonds is 9. The average Bonchev–Trinajstić information content (AvgIpc) is 2.88. The molecule has 2 heterocycles. The minimum absolute atomic E-state index is 0.0309. The van der Waals surface area contributed by atoms with Crippen molar-refractivity contribution in [2.75, 3.05) is 6.54 Å². The molecule has 3 N–H and O–H groups in total. The molecule has 0 aliphatic carbocycles. The van der Waals surface area contributed by atoms with E-state index in [-0.39, 0.29) is 24.6 Å². The molecule has 0 bridgehead atoms. The molecule has 1 atom stereocenters. The highest BCUT2D eigenvalue weighted by atomic mass is 19.4. The first kappa shape index (κ1) is 27.8. The van der Waals surface area contributed by atoms with E-state index in [1.165, 1.54) is 0 Å². The average molecular weight is 524 g/mol. The van der Waals surface area contributed by atoms with Crippen LogP contribution in [0.1, 0.15) is 64.6 Å². The van der Waals surface area contributed by atoms with Gasteiger partial charge in [-0.15, -0.1) is 0 Å². The molecule has 1 saturated heterocycles. The number of primary amides is 1. The van der Waals surface area contributed by atoms with E-state index in [1.54, 1.807) is 31.1 Å². The first-order chi connectivity index (χ1) is 18.1. The number of amides is 1. The van der Waals surface area contributed by atoms with E-state index in [9.17, 15) is 23.0 Å². The fraction of sp³-hybridized carbons (Fsp3) is 0.393. The Balaban J connectivity index is 1.52. The van der Waals surface area contributed by atoms with Crippen LogP contribution >= 0.6 is 0 Å². The molecule has 2 aromatic carbocycles. The van der Waals surface area contributed by atoms with E-state index in [1.807, 2.05) is 24.3 Å². The van der Waals surface area contributed by atoms with Crippen LogP contribution in [-0.2, 0) is 36.7 Å². The Labute approximate surface area is 221 Å². The summed E-state index contributed by atoms with van der Waals surface area (Å²) in [6.45, 7) is 2.63. The van der Waals surface area contributed by atoms with Crippen LogP contribution in [-0.4, -0.2) is 39.3 Å². The normalized spacial score (nSPS) is 16.4. The molecule has 4 rings (SSSR count). The lowest BCUT2D eigenvalue weighted by Crippen LogP contribution is -2.43. The van der Waals surface area contributed by atoms with Crippen molar-refractivity contribution in [3.63, 3.8) is 0 Å². The van der Waals surface area contributed by atoms with Crippen LogP contribution in [0, 0.1) is 0 Å². The molecule has 1 aliphatic heterocycles. The predicted molar refractivity (Wildman–Crippen MR) is 140 cm³/mol. The zero-order chi connectivity index (χ0) is 27.3. The molecule has 1 fully saturated rings. The van der Waals surface area contributed by atoms with Gasteiger partial charge in [-0.25, -0.2) is 9.97 Å². The Morgan fingerprint density at radius 2 is 1.82 bits per heavy atom. The van der Waals surface area contributed by atoms with Crippen molar-refractivity contribution in [3.8, 4) is 0 Å². The van der Waals surface area contributed by atoms with Crippen LogP contribution < -0.4 is 5.73 Å². The Kier molecular flexibility index (Phi) is 8.84. The quantitative estimate of drug-likeness (QED) is 0.401. The summed E-state index contributed by atoms with van der Waals surface area (Å²) in [5.74, 6) is -0.180. The van der Waals surface area contributed by atoms with Gasteiger partial charge in [0.1, 0.15) is 5.82 Å². The highest BCUT2D eigenvalue weighted by Crippen LogP contribution is 2.33. The SMILES string of the molecule is CB(O)N1CCCCC1c1ccc(Cc2ncc(C(F)(F)F)c(CCc3ccccc3CC(N)=O)n2)cc1. The van der Waals surface area contributed by atoms with Crippen LogP contribution in [0.15, 0.2) is 54.7 Å². The van der Waals surface area contributed by atoms with Crippen LogP contribution in [0.3, 0.4) is 0 Å². The first-order valence-electron chi connectivity index (χ1n) is 12.9. The largest absolute Gasteiger partial charge is 0.437 e. The highest BCUT2D eigenvalue weighted by Gasteiger charge is 2.35. The lowest BCUT2D eigenvalue weighted by atomic mass is 9.78. The molecule has 1 aromatic heterocycles. The Morgan fingerprint density at radius 3 is 2.47 bits per heavy atom. The second-order valence-corrected chi connectivity index (χ2v) is 9.86. The summed E-state index contributed by atoms with van der Waals surface area (Å²) in [6, 6.07) is 15.2. The van der Waals surface area contributed by atoms with Gasteiger partial charge >= 0.3 is 13.2 Å². The third-order valence-corrected chi connectivity index (χ3v) is 7.09. The zero-order valence-electron chi connectivity index (χ0n) is 21.4. The van der Waals surface area contributed by atoms with Crippen molar-refractivity contribution in [2.45, 2.75) is 64.0 Å². The molecule has 1 amide bonds. The Morgan fingerprint density at radius 1 is 1.11 bits per heavy atom. The predicted octanol–water partition coefficient (Wildman–Crippen LogP) is 4.54. The van der Waals surface area contributed by atoms with Crippen LogP contribution in [0.5, 0.6) is 0 Å². The minimum atomic E-state index is -4.57. The molecule has 200 valence electrons. The van der Waals surface area contributed by atoms with Gasteiger partial charge in [0.25, 0.3) is 0 Å². The standard InChI is InChI=1S/C28H32BF3N4O2/c1-29(38)36-15-5-4-8-25(36)21-11-9-19(10-12-21)16-27-34-18-23(28(30,31)32)24(35-27)14-13-20-6-2-3-7-22(20)17-26(33)37/h2-3,6-7,9-12,18,25,38H,4-5,8,13-17H2,1H3,(H2,33,37). The number of hydrogen-bond acceptors (Lipinski definition) is 5. The maximum Gasteiger partial charge on any atom is 0.419 e. The molecule has 0 saturated carbocycles. The molecule has 1 aliphatic rings. The van der Waals surface area contributed by atoms with Gasteiger partial charge in [0.2, 0.25) is 5.91 Å². The van der Waals surface area contributed by atoms with Gasteiger partial charge in [-0.3, -0.25) is 4.79 Å². The summed E-state index contributed by atoms with van der Waals surface area (Å²) in [7, 11) is -0.526. The molecular weight excluding hydrogens is 492 g/mol. The van der Waals surface area contributed by atoms with Gasteiger partial charge < -0.3 is 15.6 Å². The number of nitrogens with two attached hydrogens (primary N) is 1. The Bertz CT molecular complexity index is 1250. The van der Waals surface area contributed by atoms with Gasteiger partial charge in [0, 0.05) is 18.7 Å². The fourth-order valence-electron chi connectivity index (χ4n) is 5.18. The van der Waals surface area contributed by atoms with Crippen molar-refractivity contribution in [3.05, 3.63) is 94.1 Å². The fourth-order valence-corrected chi connectivity index (χ4v) is 5.18. The second-order valence-electron chi connectivity index (χ2n) is 9.86. The van der Waals surface area contributed by atoms with E-state index >= 15 is 0 Å². The lowest BCUT2D eigenvalue weighted by molar-refractivity contribution is -0.138. The maximum atomic E-state index is 13.7. The molecule has 3 aromatic rings. The summed E-state index contributed by atoms with van der Waals surface area (Å²) in [4.78, 5) is 21.8. The minimum Gasteiger partial charge on any atom is -0.437 e. The number of aromatic nitrogens is 2. The van der Waals surface area contributed by atoms with Crippen molar-refractivity contribution in [1.29, 1.82) is 0 Å². The third kappa shape index (κ3) is 6.99. The van der Waals surface area contributed by atoms with E-state index in [2.05, 4.69) is 14.8 Å². The van der Waals surface area contributed by atoms with Crippen molar-refractivity contribution in [1.82, 2.24) is 14.8 Å². The molecule has 0 radical (unpaired) electrons. The molecule has 38 heavy (non-hydrogen) atoms. The number of aryl methyl sites for hydroxylation is 2. The summed E-state index contributed by atoms with van der Waals surface area (Å²) < 4.78 is 41.2. The van der Waals surface area contributed by atoms with Gasteiger partial charge in [-0.1, -0.05) is 55.0 Å². The van der Waals surface area contributed by atoms with E-state index < -0.39 is 24.7 Å². The smallest absolute Gasteiger partial charge is 0.419 e. The second kappa shape index (κ2) is 12.1. The van der Waals surface area contributed by atoms with E-state index in [0.717, 1.165) is 48.7 Å². The molecule has 10 heteroatoms. The zero-order valence-corrected chi connectivity index (χ0v) is 21.4. The number of piperidine rings is 1. The monoisotopic (exact) mass is 524 g/mol. The molecular formula is C28H32BF3N4O2.